The van der Waals surface area contributed by atoms with Gasteiger partial charge in [0.1, 0.15) is 5.54 Å². The molecule has 1 aliphatic carbocycles. The fourth-order valence-corrected chi connectivity index (χ4v) is 3.58. The monoisotopic (exact) mass is 282 g/mol. The number of nitrogens with one attached hydrogen (secondary N) is 1. The second-order valence-corrected chi connectivity index (χ2v) is 6.93. The van der Waals surface area contributed by atoms with E-state index < -0.39 is 11.5 Å². The second kappa shape index (κ2) is 6.44. The molecule has 0 aromatic rings. The molecule has 0 spiro atoms. The number of aliphatic carboxylic acids is 1. The minimum Gasteiger partial charge on any atom is -0.480 e. The lowest BCUT2D eigenvalue weighted by Crippen LogP contribution is -2.62. The molecule has 2 rings (SSSR count). The molecular weight excluding hydrogens is 252 g/mol. The first kappa shape index (κ1) is 15.8. The van der Waals surface area contributed by atoms with Crippen LogP contribution < -0.4 is 5.32 Å². The first-order valence-corrected chi connectivity index (χ1v) is 8.22. The first-order chi connectivity index (χ1) is 9.49. The summed E-state index contributed by atoms with van der Waals surface area (Å²) in [4.78, 5) is 14.4. The molecule has 3 atom stereocenters. The number of nitrogens with zero attached hydrogens (tertiary/aromatic N) is 1. The lowest BCUT2D eigenvalue weighted by Gasteiger charge is -2.42. The minimum atomic E-state index is -0.717. The Balaban J connectivity index is 2.08. The number of carbonyl (C=O) groups is 1. The van der Waals surface area contributed by atoms with E-state index in [0.29, 0.717) is 18.5 Å². The van der Waals surface area contributed by atoms with Gasteiger partial charge in [-0.3, -0.25) is 9.69 Å². The van der Waals surface area contributed by atoms with Crippen molar-refractivity contribution in [2.75, 3.05) is 19.6 Å². The van der Waals surface area contributed by atoms with Gasteiger partial charge in [0, 0.05) is 12.6 Å². The van der Waals surface area contributed by atoms with Gasteiger partial charge >= 0.3 is 5.97 Å². The predicted molar refractivity (Wildman–Crippen MR) is 80.8 cm³/mol. The van der Waals surface area contributed by atoms with E-state index in [2.05, 4.69) is 31.0 Å². The molecule has 2 fully saturated rings. The SMILES string of the molecule is CCCNC(CN1CCC(C)CC1C)(C(=O)O)C1CC1. The molecule has 0 bridgehead atoms. The lowest BCUT2D eigenvalue weighted by molar-refractivity contribution is -0.147. The Bertz CT molecular complexity index is 343. The van der Waals surface area contributed by atoms with Gasteiger partial charge in [-0.15, -0.1) is 0 Å². The maximum Gasteiger partial charge on any atom is 0.325 e. The van der Waals surface area contributed by atoms with Gasteiger partial charge in [0.25, 0.3) is 0 Å². The number of piperidine rings is 1. The van der Waals surface area contributed by atoms with Gasteiger partial charge in [-0.1, -0.05) is 13.8 Å². The number of hydrogen-bond acceptors (Lipinski definition) is 3. The molecule has 1 saturated carbocycles. The smallest absolute Gasteiger partial charge is 0.325 e. The first-order valence-electron chi connectivity index (χ1n) is 8.22. The van der Waals surface area contributed by atoms with E-state index in [1.54, 1.807) is 0 Å². The van der Waals surface area contributed by atoms with Crippen LogP contribution in [0.3, 0.4) is 0 Å². The molecule has 0 amide bonds. The Morgan fingerprint density at radius 1 is 1.35 bits per heavy atom. The largest absolute Gasteiger partial charge is 0.480 e. The van der Waals surface area contributed by atoms with Crippen molar-refractivity contribution in [2.24, 2.45) is 11.8 Å². The highest BCUT2D eigenvalue weighted by Gasteiger charge is 2.52. The fraction of sp³-hybridized carbons (Fsp3) is 0.938. The molecule has 2 aliphatic rings. The molecule has 4 nitrogen and oxygen atoms in total. The molecule has 0 aromatic carbocycles. The van der Waals surface area contributed by atoms with Crippen LogP contribution in [0.5, 0.6) is 0 Å². The lowest BCUT2D eigenvalue weighted by atomic mass is 9.87. The van der Waals surface area contributed by atoms with Gasteiger partial charge in [-0.2, -0.15) is 0 Å². The van der Waals surface area contributed by atoms with Gasteiger partial charge in [0.15, 0.2) is 0 Å². The van der Waals surface area contributed by atoms with E-state index >= 15 is 0 Å². The van der Waals surface area contributed by atoms with Crippen molar-refractivity contribution < 1.29 is 9.90 Å². The summed E-state index contributed by atoms with van der Waals surface area (Å²) in [5.41, 5.74) is -0.717. The van der Waals surface area contributed by atoms with Crippen LogP contribution in [0.2, 0.25) is 0 Å². The van der Waals surface area contributed by atoms with Gasteiger partial charge in [0.05, 0.1) is 0 Å². The summed E-state index contributed by atoms with van der Waals surface area (Å²) < 4.78 is 0. The van der Waals surface area contributed by atoms with Gasteiger partial charge in [-0.05, 0) is 64.0 Å². The summed E-state index contributed by atoms with van der Waals surface area (Å²) in [6, 6.07) is 0.500. The maximum absolute atomic E-state index is 12.0. The zero-order valence-electron chi connectivity index (χ0n) is 13.2. The summed E-state index contributed by atoms with van der Waals surface area (Å²) >= 11 is 0. The van der Waals surface area contributed by atoms with Crippen LogP contribution in [-0.4, -0.2) is 47.2 Å². The van der Waals surface area contributed by atoms with E-state index in [0.717, 1.165) is 38.3 Å². The van der Waals surface area contributed by atoms with Crippen molar-refractivity contribution in [1.82, 2.24) is 10.2 Å². The minimum absolute atomic E-state index is 0.318. The molecule has 20 heavy (non-hydrogen) atoms. The molecule has 3 unspecified atom stereocenters. The van der Waals surface area contributed by atoms with E-state index in [9.17, 15) is 9.90 Å². The summed E-state index contributed by atoms with van der Waals surface area (Å²) in [5, 5.41) is 13.2. The quantitative estimate of drug-likeness (QED) is 0.752. The second-order valence-electron chi connectivity index (χ2n) is 6.93. The van der Waals surface area contributed by atoms with Crippen LogP contribution in [-0.2, 0) is 4.79 Å². The number of carboxylic acid groups (broad SMARTS) is 1. The van der Waals surface area contributed by atoms with E-state index in [1.165, 1.54) is 12.8 Å². The topological polar surface area (TPSA) is 52.6 Å². The Morgan fingerprint density at radius 2 is 2.05 bits per heavy atom. The summed E-state index contributed by atoms with van der Waals surface area (Å²) in [6.07, 6.45) is 5.48. The van der Waals surface area contributed by atoms with E-state index in [4.69, 9.17) is 0 Å². The van der Waals surface area contributed by atoms with Crippen LogP contribution in [0, 0.1) is 11.8 Å². The van der Waals surface area contributed by atoms with E-state index in [-0.39, 0.29) is 0 Å². The molecule has 4 heteroatoms. The molecule has 2 N–H and O–H groups in total. The third-order valence-corrected chi connectivity index (χ3v) is 5.07. The van der Waals surface area contributed by atoms with Crippen LogP contribution >= 0.6 is 0 Å². The third kappa shape index (κ3) is 3.34. The van der Waals surface area contributed by atoms with Crippen molar-refractivity contribution in [1.29, 1.82) is 0 Å². The van der Waals surface area contributed by atoms with Crippen molar-refractivity contribution in [3.63, 3.8) is 0 Å². The molecule has 0 aromatic heterocycles. The zero-order chi connectivity index (χ0) is 14.8. The Labute approximate surface area is 122 Å². The van der Waals surface area contributed by atoms with Gasteiger partial charge in [0.2, 0.25) is 0 Å². The van der Waals surface area contributed by atoms with Crippen molar-refractivity contribution in [2.45, 2.75) is 64.5 Å². The highest BCUT2D eigenvalue weighted by Crippen LogP contribution is 2.41. The molecule has 1 aliphatic heterocycles. The average molecular weight is 282 g/mol. The van der Waals surface area contributed by atoms with Gasteiger partial charge < -0.3 is 10.4 Å². The highest BCUT2D eigenvalue weighted by molar-refractivity contribution is 5.80. The molecular formula is C16H30N2O2. The molecule has 1 heterocycles. The third-order valence-electron chi connectivity index (χ3n) is 5.07. The van der Waals surface area contributed by atoms with E-state index in [1.807, 2.05) is 0 Å². The molecule has 1 saturated heterocycles. The average Bonchev–Trinajstić information content (AvgIpc) is 3.21. The Hall–Kier alpha value is -0.610. The molecule has 116 valence electrons. The van der Waals surface area contributed by atoms with Crippen molar-refractivity contribution >= 4 is 5.97 Å². The number of likely N-dealkylation sites (tertiary alicyclic amines) is 1. The standard InChI is InChI=1S/C16H30N2O2/c1-4-8-17-16(15(19)20,14-5-6-14)11-18-9-7-12(2)10-13(18)3/h12-14,17H,4-11H2,1-3H3,(H,19,20). The van der Waals surface area contributed by atoms with Crippen LogP contribution in [0.1, 0.15) is 52.9 Å². The van der Waals surface area contributed by atoms with Crippen LogP contribution in [0.15, 0.2) is 0 Å². The predicted octanol–water partition coefficient (Wildman–Crippen LogP) is 2.34. The Morgan fingerprint density at radius 3 is 2.55 bits per heavy atom. The molecule has 0 radical (unpaired) electrons. The Kier molecular flexibility index (Phi) is 5.08. The van der Waals surface area contributed by atoms with Crippen molar-refractivity contribution in [3.8, 4) is 0 Å². The summed E-state index contributed by atoms with van der Waals surface area (Å²) in [5.74, 6) is 0.433. The number of rotatable bonds is 7. The summed E-state index contributed by atoms with van der Waals surface area (Å²) in [6.45, 7) is 9.14. The zero-order valence-corrected chi connectivity index (χ0v) is 13.2. The highest BCUT2D eigenvalue weighted by atomic mass is 16.4. The normalized spacial score (nSPS) is 30.9. The van der Waals surface area contributed by atoms with Gasteiger partial charge in [-0.25, -0.2) is 0 Å². The van der Waals surface area contributed by atoms with Crippen LogP contribution in [0.25, 0.3) is 0 Å². The number of carboxylic acids is 1. The van der Waals surface area contributed by atoms with Crippen molar-refractivity contribution in [3.05, 3.63) is 0 Å². The fourth-order valence-electron chi connectivity index (χ4n) is 3.58. The maximum atomic E-state index is 12.0. The van der Waals surface area contributed by atoms with Crippen LogP contribution in [0.4, 0.5) is 0 Å². The summed E-state index contributed by atoms with van der Waals surface area (Å²) in [7, 11) is 0. The number of hydrogen-bond donors (Lipinski definition) is 2.